The van der Waals surface area contributed by atoms with E-state index in [4.69, 9.17) is 9.47 Å². The van der Waals surface area contributed by atoms with Gasteiger partial charge in [0.2, 0.25) is 0 Å². The lowest BCUT2D eigenvalue weighted by Crippen LogP contribution is -2.45. The maximum Gasteiger partial charge on any atom is 0.407 e. The molecule has 0 spiro atoms. The Bertz CT molecular complexity index is 371. The summed E-state index contributed by atoms with van der Waals surface area (Å²) in [6.07, 6.45) is 14.1. The van der Waals surface area contributed by atoms with Crippen molar-refractivity contribution in [2.24, 2.45) is 5.92 Å². The maximum absolute atomic E-state index is 12.2. The monoisotopic (exact) mass is 385 g/mol. The summed E-state index contributed by atoms with van der Waals surface area (Å²) in [5, 5.41) is 2.61. The lowest BCUT2D eigenvalue weighted by atomic mass is 10.1. The van der Waals surface area contributed by atoms with Gasteiger partial charge in [-0.1, -0.05) is 91.9 Å². The highest BCUT2D eigenvalue weighted by atomic mass is 16.6. The van der Waals surface area contributed by atoms with Crippen LogP contribution in [-0.2, 0) is 14.3 Å². The van der Waals surface area contributed by atoms with Crippen LogP contribution >= 0.6 is 0 Å². The fourth-order valence-corrected chi connectivity index (χ4v) is 2.89. The Balaban J connectivity index is 3.70. The molecule has 0 bridgehead atoms. The number of rotatable bonds is 17. The SMILES string of the molecule is CCCCCCCCCCCCCOC(=O)C(NC(=O)OCCC)C(C)C. The van der Waals surface area contributed by atoms with Crippen molar-refractivity contribution < 1.29 is 19.1 Å². The average molecular weight is 386 g/mol. The Morgan fingerprint density at radius 2 is 1.22 bits per heavy atom. The molecule has 27 heavy (non-hydrogen) atoms. The zero-order valence-corrected chi connectivity index (χ0v) is 18.2. The topological polar surface area (TPSA) is 64.6 Å². The molecule has 0 aromatic rings. The second kappa shape index (κ2) is 18.1. The van der Waals surface area contributed by atoms with E-state index in [1.807, 2.05) is 20.8 Å². The van der Waals surface area contributed by atoms with Gasteiger partial charge in [0.05, 0.1) is 13.2 Å². The highest BCUT2D eigenvalue weighted by Gasteiger charge is 2.26. The molecule has 0 rings (SSSR count). The fraction of sp³-hybridized carbons (Fsp3) is 0.909. The molecule has 0 aliphatic rings. The molecular formula is C22H43NO4. The Labute approximate surface area is 167 Å². The number of hydrogen-bond donors (Lipinski definition) is 1. The van der Waals surface area contributed by atoms with E-state index in [0.717, 1.165) is 19.3 Å². The molecule has 5 heteroatoms. The van der Waals surface area contributed by atoms with Crippen molar-refractivity contribution >= 4 is 12.1 Å². The van der Waals surface area contributed by atoms with Crippen LogP contribution < -0.4 is 5.32 Å². The van der Waals surface area contributed by atoms with E-state index in [9.17, 15) is 9.59 Å². The number of ether oxygens (including phenoxy) is 2. The minimum Gasteiger partial charge on any atom is -0.464 e. The molecule has 1 unspecified atom stereocenters. The third kappa shape index (κ3) is 15.5. The Morgan fingerprint density at radius 3 is 1.70 bits per heavy atom. The number of hydrogen-bond acceptors (Lipinski definition) is 4. The molecule has 0 aromatic heterocycles. The van der Waals surface area contributed by atoms with Crippen LogP contribution in [-0.4, -0.2) is 31.3 Å². The zero-order chi connectivity index (χ0) is 20.3. The molecule has 160 valence electrons. The van der Waals surface area contributed by atoms with Crippen molar-refractivity contribution in [3.63, 3.8) is 0 Å². The fourth-order valence-electron chi connectivity index (χ4n) is 2.89. The zero-order valence-electron chi connectivity index (χ0n) is 18.2. The molecule has 0 saturated carbocycles. The largest absolute Gasteiger partial charge is 0.464 e. The summed E-state index contributed by atoms with van der Waals surface area (Å²) >= 11 is 0. The van der Waals surface area contributed by atoms with E-state index in [-0.39, 0.29) is 11.9 Å². The van der Waals surface area contributed by atoms with E-state index in [2.05, 4.69) is 12.2 Å². The number of carbonyl (C=O) groups excluding carboxylic acids is 2. The van der Waals surface area contributed by atoms with Crippen LogP contribution in [0.3, 0.4) is 0 Å². The summed E-state index contributed by atoms with van der Waals surface area (Å²) in [7, 11) is 0. The van der Waals surface area contributed by atoms with Gasteiger partial charge in [0, 0.05) is 0 Å². The van der Waals surface area contributed by atoms with Crippen LogP contribution in [0.25, 0.3) is 0 Å². The van der Waals surface area contributed by atoms with Crippen molar-refractivity contribution in [3.8, 4) is 0 Å². The molecule has 1 N–H and O–H groups in total. The summed E-state index contributed by atoms with van der Waals surface area (Å²) < 4.78 is 10.3. The lowest BCUT2D eigenvalue weighted by Gasteiger charge is -2.20. The molecule has 1 amide bonds. The molecule has 0 heterocycles. The second-order valence-electron chi connectivity index (χ2n) is 7.70. The highest BCUT2D eigenvalue weighted by Crippen LogP contribution is 2.11. The molecular weight excluding hydrogens is 342 g/mol. The summed E-state index contributed by atoms with van der Waals surface area (Å²) in [6.45, 7) is 8.71. The Kier molecular flexibility index (Phi) is 17.3. The van der Waals surface area contributed by atoms with Crippen molar-refractivity contribution in [2.45, 2.75) is 111 Å². The number of esters is 1. The lowest BCUT2D eigenvalue weighted by molar-refractivity contribution is -0.147. The summed E-state index contributed by atoms with van der Waals surface area (Å²) in [4.78, 5) is 23.8. The number of unbranched alkanes of at least 4 members (excludes halogenated alkanes) is 10. The minimum atomic E-state index is -0.651. The number of nitrogens with one attached hydrogen (secondary N) is 1. The number of carbonyl (C=O) groups is 2. The summed E-state index contributed by atoms with van der Waals surface area (Å²) in [6, 6.07) is -0.651. The van der Waals surface area contributed by atoms with Gasteiger partial charge in [0.15, 0.2) is 0 Å². The Morgan fingerprint density at radius 1 is 0.704 bits per heavy atom. The van der Waals surface area contributed by atoms with E-state index < -0.39 is 12.1 Å². The van der Waals surface area contributed by atoms with Crippen molar-refractivity contribution in [2.75, 3.05) is 13.2 Å². The predicted molar refractivity (Wildman–Crippen MR) is 111 cm³/mol. The first-order valence-corrected chi connectivity index (χ1v) is 11.1. The first-order chi connectivity index (χ1) is 13.0. The Hall–Kier alpha value is -1.26. The molecule has 0 aliphatic carbocycles. The third-order valence-electron chi connectivity index (χ3n) is 4.62. The smallest absolute Gasteiger partial charge is 0.407 e. The third-order valence-corrected chi connectivity index (χ3v) is 4.62. The standard InChI is InChI=1S/C22H43NO4/c1-5-7-8-9-10-11-12-13-14-15-16-18-26-21(24)20(19(3)4)23-22(25)27-17-6-2/h19-20H,5-18H2,1-4H3,(H,23,25). The van der Waals surface area contributed by atoms with Crippen LogP contribution in [0.1, 0.15) is 105 Å². The molecule has 0 saturated heterocycles. The maximum atomic E-state index is 12.2. The average Bonchev–Trinajstić information content (AvgIpc) is 2.64. The van der Waals surface area contributed by atoms with Gasteiger partial charge in [0.25, 0.3) is 0 Å². The van der Waals surface area contributed by atoms with Gasteiger partial charge in [-0.3, -0.25) is 0 Å². The quantitative estimate of drug-likeness (QED) is 0.246. The van der Waals surface area contributed by atoms with Crippen LogP contribution in [0.5, 0.6) is 0 Å². The van der Waals surface area contributed by atoms with Crippen molar-refractivity contribution in [1.29, 1.82) is 0 Å². The van der Waals surface area contributed by atoms with E-state index in [1.165, 1.54) is 57.8 Å². The van der Waals surface area contributed by atoms with Gasteiger partial charge in [-0.2, -0.15) is 0 Å². The van der Waals surface area contributed by atoms with Crippen molar-refractivity contribution in [1.82, 2.24) is 5.32 Å². The van der Waals surface area contributed by atoms with Crippen LogP contribution in [0.4, 0.5) is 4.79 Å². The van der Waals surface area contributed by atoms with E-state index >= 15 is 0 Å². The summed E-state index contributed by atoms with van der Waals surface area (Å²) in [5.74, 6) is -0.408. The van der Waals surface area contributed by atoms with Gasteiger partial charge >= 0.3 is 12.1 Å². The van der Waals surface area contributed by atoms with Crippen molar-refractivity contribution in [3.05, 3.63) is 0 Å². The summed E-state index contributed by atoms with van der Waals surface area (Å²) in [5.41, 5.74) is 0. The number of alkyl carbamates (subject to hydrolysis) is 1. The van der Waals surface area contributed by atoms with E-state index in [0.29, 0.717) is 13.2 Å². The van der Waals surface area contributed by atoms with Gasteiger partial charge < -0.3 is 14.8 Å². The number of amides is 1. The van der Waals surface area contributed by atoms with Gasteiger partial charge in [-0.05, 0) is 18.8 Å². The predicted octanol–water partition coefficient (Wildman–Crippen LogP) is 6.00. The highest BCUT2D eigenvalue weighted by molar-refractivity contribution is 5.81. The first-order valence-electron chi connectivity index (χ1n) is 11.1. The normalized spacial score (nSPS) is 12.0. The molecule has 0 aromatic carbocycles. The van der Waals surface area contributed by atoms with Crippen LogP contribution in [0.15, 0.2) is 0 Å². The molecule has 0 aliphatic heterocycles. The van der Waals surface area contributed by atoms with Gasteiger partial charge in [-0.25, -0.2) is 9.59 Å². The van der Waals surface area contributed by atoms with E-state index in [1.54, 1.807) is 0 Å². The second-order valence-corrected chi connectivity index (χ2v) is 7.70. The molecule has 5 nitrogen and oxygen atoms in total. The first kappa shape index (κ1) is 25.7. The molecule has 0 radical (unpaired) electrons. The van der Waals surface area contributed by atoms with Gasteiger partial charge in [-0.15, -0.1) is 0 Å². The van der Waals surface area contributed by atoms with Crippen LogP contribution in [0.2, 0.25) is 0 Å². The van der Waals surface area contributed by atoms with Crippen LogP contribution in [0, 0.1) is 5.92 Å². The minimum absolute atomic E-state index is 0.0380. The molecule has 1 atom stereocenters. The van der Waals surface area contributed by atoms with Gasteiger partial charge in [0.1, 0.15) is 6.04 Å². The molecule has 0 fully saturated rings.